The van der Waals surface area contributed by atoms with Gasteiger partial charge in [-0.05, 0) is 53.1 Å². The number of aromatic amines is 1. The molecule has 3 heterocycles. The molecule has 1 N–H and O–H groups in total. The topological polar surface area (TPSA) is 86.4 Å². The zero-order valence-corrected chi connectivity index (χ0v) is 23.3. The molecule has 0 fully saturated rings. The van der Waals surface area contributed by atoms with Crippen LogP contribution in [0.4, 0.5) is 11.4 Å². The van der Waals surface area contributed by atoms with Gasteiger partial charge >= 0.3 is 0 Å². The van der Waals surface area contributed by atoms with Crippen LogP contribution in [0.5, 0.6) is 0 Å². The number of fused-ring (bicyclic) bond motifs is 4. The molecule has 4 aromatic carbocycles. The summed E-state index contributed by atoms with van der Waals surface area (Å²) in [6, 6.07) is 30.8. The van der Waals surface area contributed by atoms with Crippen molar-refractivity contribution >= 4 is 49.2 Å². The molecule has 0 atom stereocenters. The average molecular weight is 559 g/mol. The monoisotopic (exact) mass is 558 g/mol. The number of sulfonamides is 1. The number of carbonyl (C=O) groups excluding carboxylic acids is 1. The van der Waals surface area contributed by atoms with Crippen molar-refractivity contribution in [3.63, 3.8) is 0 Å². The number of amides is 1. The van der Waals surface area contributed by atoms with Crippen LogP contribution in [-0.4, -0.2) is 31.3 Å². The van der Waals surface area contributed by atoms with Gasteiger partial charge in [0.25, 0.3) is 10.0 Å². The minimum Gasteiger partial charge on any atom is -0.339 e. The summed E-state index contributed by atoms with van der Waals surface area (Å²) in [6.45, 7) is 1.83. The van der Waals surface area contributed by atoms with Crippen molar-refractivity contribution in [2.75, 3.05) is 16.3 Å². The molecule has 0 unspecified atom stereocenters. The van der Waals surface area contributed by atoms with Gasteiger partial charge in [-0.2, -0.15) is 0 Å². The number of pyridine rings is 1. The molecule has 41 heavy (non-hydrogen) atoms. The van der Waals surface area contributed by atoms with Crippen LogP contribution in [-0.2, 0) is 21.4 Å². The maximum absolute atomic E-state index is 13.4. The second kappa shape index (κ2) is 9.31. The lowest BCUT2D eigenvalue weighted by Crippen LogP contribution is -2.23. The Hall–Kier alpha value is -4.95. The first-order valence-electron chi connectivity index (χ1n) is 13.3. The smallest absolute Gasteiger partial charge is 0.264 e. The third kappa shape index (κ3) is 3.98. The summed E-state index contributed by atoms with van der Waals surface area (Å²) in [5.41, 5.74) is 7.72. The van der Waals surface area contributed by atoms with E-state index in [1.807, 2.05) is 79.0 Å². The molecular formula is C33H26N4O3S. The Morgan fingerprint density at radius 3 is 2.37 bits per heavy atom. The van der Waals surface area contributed by atoms with Crippen LogP contribution in [0.25, 0.3) is 44.2 Å². The molecule has 8 heteroatoms. The number of aromatic nitrogens is 2. The summed E-state index contributed by atoms with van der Waals surface area (Å²) in [5.74, 6) is -0.0384. The van der Waals surface area contributed by atoms with Crippen LogP contribution in [0, 0.1) is 0 Å². The van der Waals surface area contributed by atoms with E-state index in [0.717, 1.165) is 55.4 Å². The Bertz CT molecular complexity index is 2090. The predicted octanol–water partition coefficient (Wildman–Crippen LogP) is 6.74. The Morgan fingerprint density at radius 2 is 1.63 bits per heavy atom. The second-order valence-corrected chi connectivity index (χ2v) is 12.1. The quantitative estimate of drug-likeness (QED) is 0.260. The van der Waals surface area contributed by atoms with Gasteiger partial charge < -0.3 is 9.88 Å². The van der Waals surface area contributed by atoms with Crippen LogP contribution in [0.3, 0.4) is 0 Å². The molecule has 2 aromatic heterocycles. The summed E-state index contributed by atoms with van der Waals surface area (Å²) in [5, 5.41) is 1.81. The maximum atomic E-state index is 13.4. The van der Waals surface area contributed by atoms with Crippen molar-refractivity contribution in [3.8, 4) is 22.3 Å². The zero-order valence-electron chi connectivity index (χ0n) is 22.5. The average Bonchev–Trinajstić information content (AvgIpc) is 3.50. The standard InChI is InChI=1S/C33H26N4O3S/c1-21(38)36(2)25-14-12-22(13-15-25)28-19-34-33-32(31(28)23-8-4-3-5-9-23)27-18-26(16-17-29(27)35-33)37-20-24-10-6-7-11-30(24)41(37,39)40/h3-19H,20H2,1-2H3,(H,34,35). The highest BCUT2D eigenvalue weighted by atomic mass is 32.2. The summed E-state index contributed by atoms with van der Waals surface area (Å²) in [6.07, 6.45) is 1.87. The molecule has 7 rings (SSSR count). The molecule has 0 saturated carbocycles. The minimum atomic E-state index is -3.66. The zero-order chi connectivity index (χ0) is 28.3. The molecule has 7 nitrogen and oxygen atoms in total. The third-order valence-electron chi connectivity index (χ3n) is 7.85. The van der Waals surface area contributed by atoms with E-state index in [4.69, 9.17) is 4.98 Å². The normalized spacial score (nSPS) is 14.0. The van der Waals surface area contributed by atoms with Gasteiger partial charge in [-0.15, -0.1) is 0 Å². The van der Waals surface area contributed by atoms with E-state index in [0.29, 0.717) is 17.1 Å². The summed E-state index contributed by atoms with van der Waals surface area (Å²) < 4.78 is 28.4. The number of carbonyl (C=O) groups is 1. The number of rotatable bonds is 4. The SMILES string of the molecule is CC(=O)N(C)c1ccc(-c2cnc3[nH]c4ccc(N5Cc6ccccc6S5(=O)=O)cc4c3c2-c2ccccc2)cc1. The van der Waals surface area contributed by atoms with Crippen molar-refractivity contribution in [3.05, 3.63) is 109 Å². The third-order valence-corrected chi connectivity index (χ3v) is 9.72. The van der Waals surface area contributed by atoms with Crippen LogP contribution >= 0.6 is 0 Å². The van der Waals surface area contributed by atoms with E-state index in [9.17, 15) is 13.2 Å². The molecule has 0 saturated heterocycles. The highest BCUT2D eigenvalue weighted by molar-refractivity contribution is 7.93. The highest BCUT2D eigenvalue weighted by Crippen LogP contribution is 2.43. The van der Waals surface area contributed by atoms with Crippen molar-refractivity contribution in [2.24, 2.45) is 0 Å². The van der Waals surface area contributed by atoms with Crippen molar-refractivity contribution < 1.29 is 13.2 Å². The highest BCUT2D eigenvalue weighted by Gasteiger charge is 2.34. The fraction of sp³-hybridized carbons (Fsp3) is 0.0909. The second-order valence-electron chi connectivity index (χ2n) is 10.2. The van der Waals surface area contributed by atoms with Gasteiger partial charge in [0, 0.05) is 53.3 Å². The summed E-state index contributed by atoms with van der Waals surface area (Å²) in [7, 11) is -1.90. The van der Waals surface area contributed by atoms with Crippen LogP contribution in [0.1, 0.15) is 12.5 Å². The Morgan fingerprint density at radius 1 is 0.902 bits per heavy atom. The van der Waals surface area contributed by atoms with Crippen LogP contribution in [0.2, 0.25) is 0 Å². The molecule has 0 spiro atoms. The summed E-state index contributed by atoms with van der Waals surface area (Å²) >= 11 is 0. The van der Waals surface area contributed by atoms with E-state index in [2.05, 4.69) is 17.1 Å². The van der Waals surface area contributed by atoms with Gasteiger partial charge in [0.15, 0.2) is 0 Å². The first kappa shape index (κ1) is 25.0. The largest absolute Gasteiger partial charge is 0.339 e. The van der Waals surface area contributed by atoms with Gasteiger partial charge in [-0.3, -0.25) is 9.10 Å². The number of hydrogen-bond acceptors (Lipinski definition) is 4. The molecule has 0 bridgehead atoms. The van der Waals surface area contributed by atoms with E-state index in [1.54, 1.807) is 24.1 Å². The lowest BCUT2D eigenvalue weighted by atomic mass is 9.92. The lowest BCUT2D eigenvalue weighted by Gasteiger charge is -2.18. The van der Waals surface area contributed by atoms with Crippen LogP contribution < -0.4 is 9.21 Å². The number of hydrogen-bond donors (Lipinski definition) is 1. The number of nitrogens with one attached hydrogen (secondary N) is 1. The van der Waals surface area contributed by atoms with E-state index in [-0.39, 0.29) is 5.91 Å². The maximum Gasteiger partial charge on any atom is 0.264 e. The van der Waals surface area contributed by atoms with Crippen molar-refractivity contribution in [2.45, 2.75) is 18.4 Å². The van der Waals surface area contributed by atoms with Crippen molar-refractivity contribution in [1.29, 1.82) is 0 Å². The molecular weight excluding hydrogens is 532 g/mol. The predicted molar refractivity (Wildman–Crippen MR) is 163 cm³/mol. The van der Waals surface area contributed by atoms with Gasteiger partial charge in [-0.1, -0.05) is 60.7 Å². The number of benzene rings is 4. The first-order valence-corrected chi connectivity index (χ1v) is 14.7. The minimum absolute atomic E-state index is 0.0384. The first-order chi connectivity index (χ1) is 19.8. The lowest BCUT2D eigenvalue weighted by molar-refractivity contribution is -0.116. The van der Waals surface area contributed by atoms with E-state index < -0.39 is 10.0 Å². The molecule has 1 aliphatic heterocycles. The fourth-order valence-electron chi connectivity index (χ4n) is 5.64. The molecule has 1 amide bonds. The number of anilines is 2. The Balaban J connectivity index is 1.44. The number of nitrogens with zero attached hydrogens (tertiary/aromatic N) is 3. The van der Waals surface area contributed by atoms with E-state index in [1.165, 1.54) is 11.2 Å². The molecule has 0 radical (unpaired) electrons. The van der Waals surface area contributed by atoms with Gasteiger partial charge in [0.05, 0.1) is 17.1 Å². The number of H-pyrrole nitrogens is 1. The van der Waals surface area contributed by atoms with Crippen molar-refractivity contribution in [1.82, 2.24) is 9.97 Å². The van der Waals surface area contributed by atoms with Gasteiger partial charge in [0.1, 0.15) is 5.65 Å². The fourth-order valence-corrected chi connectivity index (χ4v) is 7.30. The van der Waals surface area contributed by atoms with Gasteiger partial charge in [0.2, 0.25) is 5.91 Å². The van der Waals surface area contributed by atoms with E-state index >= 15 is 0 Å². The Kier molecular flexibility index (Phi) is 5.69. The summed E-state index contributed by atoms with van der Waals surface area (Å²) in [4.78, 5) is 22.1. The van der Waals surface area contributed by atoms with Gasteiger partial charge in [-0.25, -0.2) is 13.4 Å². The van der Waals surface area contributed by atoms with Crippen LogP contribution in [0.15, 0.2) is 108 Å². The molecule has 0 aliphatic carbocycles. The molecule has 1 aliphatic rings. The molecule has 202 valence electrons. The molecule has 6 aromatic rings. The Labute approximate surface area is 237 Å².